The summed E-state index contributed by atoms with van der Waals surface area (Å²) in [6.45, 7) is 4.15. The van der Waals surface area contributed by atoms with Crippen molar-refractivity contribution in [3.05, 3.63) is 65.2 Å². The van der Waals surface area contributed by atoms with Crippen LogP contribution in [0.15, 0.2) is 53.4 Å². The lowest BCUT2D eigenvalue weighted by Gasteiger charge is -2.11. The van der Waals surface area contributed by atoms with Gasteiger partial charge < -0.3 is 9.66 Å². The minimum Gasteiger partial charge on any atom is -0.744 e. The number of aliphatic hydroxyl groups is 1. The molecule has 5 nitrogen and oxygen atoms in total. The van der Waals surface area contributed by atoms with Crippen LogP contribution in [-0.4, -0.2) is 48.6 Å². The molecule has 0 atom stereocenters. The molecule has 0 fully saturated rings. The van der Waals surface area contributed by atoms with Gasteiger partial charge in [0.25, 0.3) is 0 Å². The van der Waals surface area contributed by atoms with Crippen LogP contribution in [0.3, 0.4) is 0 Å². The Bertz CT molecular complexity index is 827. The normalized spacial score (nSPS) is 13.3. The fraction of sp³-hybridized carbons (Fsp3) is 0.316. The molecular formula is C19H23NO4S. The van der Waals surface area contributed by atoms with E-state index in [1.165, 1.54) is 23.3 Å². The van der Waals surface area contributed by atoms with E-state index >= 15 is 0 Å². The van der Waals surface area contributed by atoms with E-state index in [2.05, 4.69) is 35.1 Å². The molecule has 0 spiro atoms. The summed E-state index contributed by atoms with van der Waals surface area (Å²) >= 11 is 0. The fourth-order valence-corrected chi connectivity index (χ4v) is 3.04. The van der Waals surface area contributed by atoms with Gasteiger partial charge in [-0.05, 0) is 30.7 Å². The van der Waals surface area contributed by atoms with E-state index in [1.54, 1.807) is 12.1 Å². The average Bonchev–Trinajstić information content (AvgIpc) is 2.60. The number of aliphatic hydroxyl groups excluding tert-OH is 1. The zero-order valence-electron chi connectivity index (χ0n) is 14.3. The molecule has 1 heterocycles. The third-order valence-corrected chi connectivity index (χ3v) is 4.81. The molecule has 2 aromatic carbocycles. The summed E-state index contributed by atoms with van der Waals surface area (Å²) in [5.74, 6) is 0. The second kappa shape index (κ2) is 8.89. The van der Waals surface area contributed by atoms with Crippen LogP contribution in [0.2, 0.25) is 0 Å². The van der Waals surface area contributed by atoms with Crippen molar-refractivity contribution < 1.29 is 22.7 Å². The van der Waals surface area contributed by atoms with Gasteiger partial charge in [-0.3, -0.25) is 0 Å². The Morgan fingerprint density at radius 1 is 1.12 bits per heavy atom. The Morgan fingerprint density at radius 3 is 2.44 bits per heavy atom. The molecule has 0 bridgehead atoms. The van der Waals surface area contributed by atoms with Crippen molar-refractivity contribution in [2.24, 2.45) is 0 Å². The van der Waals surface area contributed by atoms with Crippen LogP contribution in [-0.2, 0) is 16.5 Å². The summed E-state index contributed by atoms with van der Waals surface area (Å²) in [5, 5.41) is 8.75. The number of fused-ring (bicyclic) bond motifs is 1. The van der Waals surface area contributed by atoms with Gasteiger partial charge in [0.2, 0.25) is 0 Å². The predicted molar refractivity (Wildman–Crippen MR) is 96.2 cm³/mol. The van der Waals surface area contributed by atoms with Gasteiger partial charge in [-0.1, -0.05) is 35.9 Å². The van der Waals surface area contributed by atoms with Crippen LogP contribution in [0.5, 0.6) is 0 Å². The van der Waals surface area contributed by atoms with Gasteiger partial charge in [0, 0.05) is 25.0 Å². The van der Waals surface area contributed by atoms with E-state index in [9.17, 15) is 13.0 Å². The van der Waals surface area contributed by atoms with Crippen LogP contribution in [0.4, 0.5) is 0 Å². The van der Waals surface area contributed by atoms with E-state index in [0.29, 0.717) is 0 Å². The molecule has 134 valence electrons. The largest absolute Gasteiger partial charge is 0.744 e. The highest BCUT2D eigenvalue weighted by atomic mass is 32.2. The van der Waals surface area contributed by atoms with Crippen LogP contribution < -0.4 is 0 Å². The summed E-state index contributed by atoms with van der Waals surface area (Å²) in [6, 6.07) is 14.3. The van der Waals surface area contributed by atoms with Crippen LogP contribution in [0.1, 0.15) is 23.1 Å². The number of rotatable bonds is 4. The van der Waals surface area contributed by atoms with Crippen LogP contribution >= 0.6 is 0 Å². The van der Waals surface area contributed by atoms with Crippen molar-refractivity contribution in [3.8, 4) is 0 Å². The third kappa shape index (κ3) is 6.08. The first-order valence-corrected chi connectivity index (χ1v) is 9.61. The second-order valence-corrected chi connectivity index (χ2v) is 7.34. The van der Waals surface area contributed by atoms with Gasteiger partial charge in [-0.25, -0.2) is 13.0 Å². The van der Waals surface area contributed by atoms with Gasteiger partial charge in [0.1, 0.15) is 23.2 Å². The molecule has 0 aromatic heterocycles. The first kappa shape index (κ1) is 19.3. The SMILES string of the molecule is Cc1ccc(S(=O)(=O)[O-])cc1.OCCC[N+]1=Cc2ccccc2CC1. The molecule has 3 rings (SSSR count). The number of nitrogens with zero attached hydrogens (tertiary/aromatic N) is 1. The van der Waals surface area contributed by atoms with Gasteiger partial charge in [0.15, 0.2) is 6.21 Å². The molecule has 1 aliphatic heterocycles. The molecule has 0 aliphatic carbocycles. The van der Waals surface area contributed by atoms with Crippen molar-refractivity contribution in [1.29, 1.82) is 0 Å². The summed E-state index contributed by atoms with van der Waals surface area (Å²) in [6.07, 6.45) is 4.19. The Balaban J connectivity index is 0.000000186. The van der Waals surface area contributed by atoms with Crippen LogP contribution in [0.25, 0.3) is 0 Å². The molecule has 0 amide bonds. The summed E-state index contributed by atoms with van der Waals surface area (Å²) in [5.41, 5.74) is 3.70. The number of aryl methyl sites for hydroxylation is 1. The Morgan fingerprint density at radius 2 is 1.80 bits per heavy atom. The smallest absolute Gasteiger partial charge is 0.170 e. The van der Waals surface area contributed by atoms with Gasteiger partial charge in [-0.15, -0.1) is 0 Å². The summed E-state index contributed by atoms with van der Waals surface area (Å²) in [7, 11) is -4.27. The first-order valence-electron chi connectivity index (χ1n) is 8.20. The number of hydrogen-bond donors (Lipinski definition) is 1. The van der Waals surface area contributed by atoms with E-state index < -0.39 is 10.1 Å². The average molecular weight is 361 g/mol. The molecule has 6 heteroatoms. The highest BCUT2D eigenvalue weighted by Gasteiger charge is 2.13. The maximum absolute atomic E-state index is 10.4. The lowest BCUT2D eigenvalue weighted by atomic mass is 10.0. The maximum Gasteiger partial charge on any atom is 0.170 e. The molecule has 0 radical (unpaired) electrons. The van der Waals surface area contributed by atoms with E-state index in [0.717, 1.165) is 31.5 Å². The van der Waals surface area contributed by atoms with Crippen molar-refractivity contribution in [2.45, 2.75) is 24.7 Å². The van der Waals surface area contributed by atoms with Crippen molar-refractivity contribution in [1.82, 2.24) is 0 Å². The topological polar surface area (TPSA) is 80.4 Å². The molecule has 1 N–H and O–H groups in total. The van der Waals surface area contributed by atoms with Crippen molar-refractivity contribution in [3.63, 3.8) is 0 Å². The Kier molecular flexibility index (Phi) is 6.87. The highest BCUT2D eigenvalue weighted by molar-refractivity contribution is 7.85. The molecule has 0 unspecified atom stereocenters. The summed E-state index contributed by atoms with van der Waals surface area (Å²) < 4.78 is 33.5. The van der Waals surface area contributed by atoms with Crippen molar-refractivity contribution >= 4 is 16.3 Å². The lowest BCUT2D eigenvalue weighted by Crippen LogP contribution is -2.24. The Hall–Kier alpha value is -2.02. The second-order valence-electron chi connectivity index (χ2n) is 5.96. The molecule has 2 aromatic rings. The van der Waals surface area contributed by atoms with Crippen LogP contribution in [0, 0.1) is 6.92 Å². The molecular weight excluding hydrogens is 338 g/mol. The Labute approximate surface area is 149 Å². The number of benzene rings is 2. The first-order chi connectivity index (χ1) is 11.9. The molecule has 1 aliphatic rings. The zero-order chi connectivity index (χ0) is 18.3. The van der Waals surface area contributed by atoms with Gasteiger partial charge in [0.05, 0.1) is 4.90 Å². The summed E-state index contributed by atoms with van der Waals surface area (Å²) in [4.78, 5) is -0.178. The number of hydrogen-bond acceptors (Lipinski definition) is 4. The minimum absolute atomic E-state index is 0.178. The van der Waals surface area contributed by atoms with Gasteiger partial charge in [-0.2, -0.15) is 0 Å². The maximum atomic E-state index is 10.4. The molecule has 0 saturated carbocycles. The standard InChI is InChI=1S/C12H16NO.C7H8O3S/c14-9-3-7-13-8-6-11-4-1-2-5-12(11)10-13;1-6-2-4-7(5-3-6)11(8,9)10/h1-2,4-5,10,14H,3,6-9H2;2-5H,1H3,(H,8,9,10)/q+1;/p-1. The third-order valence-electron chi connectivity index (χ3n) is 3.96. The zero-order valence-corrected chi connectivity index (χ0v) is 15.1. The molecule has 0 saturated heterocycles. The van der Waals surface area contributed by atoms with E-state index in [1.807, 2.05) is 6.92 Å². The monoisotopic (exact) mass is 361 g/mol. The van der Waals surface area contributed by atoms with E-state index in [-0.39, 0.29) is 11.5 Å². The highest BCUT2D eigenvalue weighted by Crippen LogP contribution is 2.11. The minimum atomic E-state index is -4.27. The predicted octanol–water partition coefficient (Wildman–Crippen LogP) is 1.96. The molecule has 25 heavy (non-hydrogen) atoms. The van der Waals surface area contributed by atoms with Gasteiger partial charge >= 0.3 is 0 Å². The quantitative estimate of drug-likeness (QED) is 0.667. The van der Waals surface area contributed by atoms with E-state index in [4.69, 9.17) is 5.11 Å². The fourth-order valence-electron chi connectivity index (χ4n) is 2.57. The van der Waals surface area contributed by atoms with Crippen molar-refractivity contribution in [2.75, 3.05) is 19.7 Å². The lowest BCUT2D eigenvalue weighted by molar-refractivity contribution is -0.524.